The van der Waals surface area contributed by atoms with Crippen LogP contribution in [0, 0.1) is 10.1 Å². The van der Waals surface area contributed by atoms with E-state index in [2.05, 4.69) is 5.32 Å². The molecule has 0 saturated heterocycles. The average Bonchev–Trinajstić information content (AvgIpc) is 2.92. The molecule has 0 bridgehead atoms. The summed E-state index contributed by atoms with van der Waals surface area (Å²) in [6.45, 7) is 1.80. The lowest BCUT2D eigenvalue weighted by atomic mass is 10.0. The Bertz CT molecular complexity index is 884. The highest BCUT2D eigenvalue weighted by Crippen LogP contribution is 2.39. The first-order valence-electron chi connectivity index (χ1n) is 7.06. The molecule has 0 atom stereocenters. The summed E-state index contributed by atoms with van der Waals surface area (Å²) in [5.41, 5.74) is 2.47. The molecule has 1 heterocycles. The summed E-state index contributed by atoms with van der Waals surface area (Å²) in [5, 5.41) is 14.7. The second-order valence-corrected chi connectivity index (χ2v) is 5.15. The molecule has 116 valence electrons. The highest BCUT2D eigenvalue weighted by atomic mass is 16.6. The zero-order valence-corrected chi connectivity index (χ0v) is 12.4. The molecular weight excluding hydrogens is 296 g/mol. The summed E-state index contributed by atoms with van der Waals surface area (Å²) < 4.78 is 5.41. The Morgan fingerprint density at radius 1 is 1.22 bits per heavy atom. The average molecular weight is 310 g/mol. The number of carbonyl (C=O) groups excluding carboxylic acids is 1. The van der Waals surface area contributed by atoms with Gasteiger partial charge in [0.15, 0.2) is 0 Å². The smallest absolute Gasteiger partial charge is 0.400 e. The quantitative estimate of drug-likeness (QED) is 0.589. The number of nitrogens with one attached hydrogen (secondary N) is 1. The molecule has 6 nitrogen and oxygen atoms in total. The van der Waals surface area contributed by atoms with Crippen LogP contribution in [-0.4, -0.2) is 10.8 Å². The molecule has 3 aromatic rings. The van der Waals surface area contributed by atoms with Crippen molar-refractivity contribution < 1.29 is 14.1 Å². The van der Waals surface area contributed by atoms with Crippen molar-refractivity contribution in [3.8, 4) is 11.1 Å². The third-order valence-corrected chi connectivity index (χ3v) is 3.50. The van der Waals surface area contributed by atoms with E-state index in [0.717, 1.165) is 11.1 Å². The van der Waals surface area contributed by atoms with Crippen molar-refractivity contribution in [1.82, 2.24) is 5.32 Å². The van der Waals surface area contributed by atoms with Crippen molar-refractivity contribution in [2.24, 2.45) is 0 Å². The molecule has 3 rings (SSSR count). The second kappa shape index (κ2) is 5.92. The number of benzene rings is 2. The largest absolute Gasteiger partial charge is 0.442 e. The summed E-state index contributed by atoms with van der Waals surface area (Å²) in [6, 6.07) is 14.4. The molecule has 0 aliphatic rings. The number of fused-ring (bicyclic) bond motifs is 1. The number of amides is 1. The van der Waals surface area contributed by atoms with Crippen LogP contribution in [0.3, 0.4) is 0 Å². The fraction of sp³-hybridized carbons (Fsp3) is 0.118. The van der Waals surface area contributed by atoms with Crippen LogP contribution in [-0.2, 0) is 11.3 Å². The van der Waals surface area contributed by atoms with E-state index >= 15 is 0 Å². The van der Waals surface area contributed by atoms with E-state index in [4.69, 9.17) is 4.42 Å². The Morgan fingerprint density at radius 2 is 1.96 bits per heavy atom. The van der Waals surface area contributed by atoms with Crippen molar-refractivity contribution in [3.05, 3.63) is 64.2 Å². The van der Waals surface area contributed by atoms with Gasteiger partial charge in [-0.3, -0.25) is 14.9 Å². The predicted octanol–water partition coefficient (Wildman–Crippen LogP) is 3.64. The van der Waals surface area contributed by atoms with Crippen molar-refractivity contribution in [3.63, 3.8) is 0 Å². The highest BCUT2D eigenvalue weighted by molar-refractivity contribution is 5.99. The molecule has 0 spiro atoms. The van der Waals surface area contributed by atoms with Gasteiger partial charge in [-0.2, -0.15) is 0 Å². The lowest BCUT2D eigenvalue weighted by Crippen LogP contribution is -2.18. The van der Waals surface area contributed by atoms with Crippen LogP contribution in [0.1, 0.15) is 12.5 Å². The molecule has 23 heavy (non-hydrogen) atoms. The van der Waals surface area contributed by atoms with Gasteiger partial charge in [0, 0.05) is 18.9 Å². The van der Waals surface area contributed by atoms with Crippen molar-refractivity contribution in [2.75, 3.05) is 0 Å². The lowest BCUT2D eigenvalue weighted by molar-refractivity contribution is -0.400. The van der Waals surface area contributed by atoms with Crippen molar-refractivity contribution in [1.29, 1.82) is 0 Å². The molecule has 0 aliphatic carbocycles. The van der Waals surface area contributed by atoms with Crippen LogP contribution in [0.25, 0.3) is 22.1 Å². The molecule has 0 unspecified atom stereocenters. The van der Waals surface area contributed by atoms with Gasteiger partial charge in [-0.15, -0.1) is 0 Å². The minimum Gasteiger partial charge on any atom is -0.400 e. The summed E-state index contributed by atoms with van der Waals surface area (Å²) in [4.78, 5) is 21.8. The van der Waals surface area contributed by atoms with Crippen LogP contribution < -0.4 is 5.32 Å². The number of nitrogens with zero attached hydrogens (tertiary/aromatic N) is 1. The van der Waals surface area contributed by atoms with Gasteiger partial charge in [0.05, 0.1) is 0 Å². The third-order valence-electron chi connectivity index (χ3n) is 3.50. The number of rotatable bonds is 4. The van der Waals surface area contributed by atoms with Crippen molar-refractivity contribution >= 4 is 22.8 Å². The summed E-state index contributed by atoms with van der Waals surface area (Å²) >= 11 is 0. The molecule has 0 saturated carbocycles. The van der Waals surface area contributed by atoms with Crippen LogP contribution >= 0.6 is 0 Å². The van der Waals surface area contributed by atoms with E-state index in [9.17, 15) is 14.9 Å². The summed E-state index contributed by atoms with van der Waals surface area (Å²) in [5.74, 6) is -0.408. The van der Waals surface area contributed by atoms with E-state index in [1.807, 2.05) is 24.3 Å². The number of hydrogen-bond donors (Lipinski definition) is 1. The highest BCUT2D eigenvalue weighted by Gasteiger charge is 2.25. The summed E-state index contributed by atoms with van der Waals surface area (Å²) in [6.07, 6.45) is 0. The van der Waals surface area contributed by atoms with Gasteiger partial charge in [-0.25, -0.2) is 0 Å². The third kappa shape index (κ3) is 2.91. The fourth-order valence-electron chi connectivity index (χ4n) is 2.48. The Morgan fingerprint density at radius 3 is 2.61 bits per heavy atom. The van der Waals surface area contributed by atoms with E-state index in [-0.39, 0.29) is 11.8 Å². The number of carbonyl (C=O) groups is 1. The molecule has 2 aromatic carbocycles. The van der Waals surface area contributed by atoms with Gasteiger partial charge >= 0.3 is 5.88 Å². The molecule has 0 fully saturated rings. The van der Waals surface area contributed by atoms with Gasteiger partial charge in [-0.05, 0) is 23.3 Å². The Labute approximate surface area is 131 Å². The van der Waals surface area contributed by atoms with Gasteiger partial charge in [0.1, 0.15) is 16.1 Å². The van der Waals surface area contributed by atoms with Crippen LogP contribution in [0.4, 0.5) is 5.88 Å². The van der Waals surface area contributed by atoms with E-state index in [1.165, 1.54) is 6.92 Å². The Balaban J connectivity index is 2.17. The van der Waals surface area contributed by atoms with Gasteiger partial charge in [-0.1, -0.05) is 36.4 Å². The molecule has 1 amide bonds. The zero-order chi connectivity index (χ0) is 16.4. The molecule has 1 N–H and O–H groups in total. The van der Waals surface area contributed by atoms with Gasteiger partial charge < -0.3 is 9.73 Å². The van der Waals surface area contributed by atoms with Gasteiger partial charge in [0.25, 0.3) is 0 Å². The first-order chi connectivity index (χ1) is 11.1. The predicted molar refractivity (Wildman–Crippen MR) is 85.8 cm³/mol. The Hall–Kier alpha value is -3.15. The number of hydrogen-bond acceptors (Lipinski definition) is 4. The molecule has 0 aliphatic heterocycles. The van der Waals surface area contributed by atoms with Crippen LogP contribution in [0.15, 0.2) is 52.9 Å². The standard InChI is InChI=1S/C17H14N2O4/c1-11(20)18-10-12-7-8-15-14(9-12)16(17(23-15)19(21)22)13-5-3-2-4-6-13/h2-9H,10H2,1H3,(H,18,20). The normalized spacial score (nSPS) is 10.7. The minimum absolute atomic E-state index is 0.133. The second-order valence-electron chi connectivity index (χ2n) is 5.15. The van der Waals surface area contributed by atoms with E-state index < -0.39 is 4.92 Å². The SMILES string of the molecule is CC(=O)NCc1ccc2oc([N+](=O)[O-])c(-c3ccccc3)c2c1. The number of furan rings is 1. The minimum atomic E-state index is -0.518. The maximum atomic E-state index is 11.3. The van der Waals surface area contributed by atoms with Crippen LogP contribution in [0.5, 0.6) is 0 Å². The lowest BCUT2D eigenvalue weighted by Gasteiger charge is -2.03. The number of nitro groups is 1. The first kappa shape index (κ1) is 14.8. The van der Waals surface area contributed by atoms with Gasteiger partial charge in [0.2, 0.25) is 5.91 Å². The molecule has 0 radical (unpaired) electrons. The zero-order valence-electron chi connectivity index (χ0n) is 12.4. The maximum absolute atomic E-state index is 11.3. The first-order valence-corrected chi connectivity index (χ1v) is 7.06. The van der Waals surface area contributed by atoms with Crippen LogP contribution in [0.2, 0.25) is 0 Å². The maximum Gasteiger partial charge on any atom is 0.442 e. The van der Waals surface area contributed by atoms with E-state index in [1.54, 1.807) is 24.3 Å². The summed E-state index contributed by atoms with van der Waals surface area (Å²) in [7, 11) is 0. The molecule has 1 aromatic heterocycles. The topological polar surface area (TPSA) is 85.4 Å². The fourth-order valence-corrected chi connectivity index (χ4v) is 2.48. The van der Waals surface area contributed by atoms with Crippen molar-refractivity contribution in [2.45, 2.75) is 13.5 Å². The monoisotopic (exact) mass is 310 g/mol. The Kier molecular flexibility index (Phi) is 3.80. The van der Waals surface area contributed by atoms with E-state index in [0.29, 0.717) is 23.1 Å². The molecule has 6 heteroatoms. The molecular formula is C17H14N2O4.